The Kier molecular flexibility index (Phi) is 5.07. The van der Waals surface area contributed by atoms with Crippen LogP contribution in [0.5, 0.6) is 0 Å². The minimum absolute atomic E-state index is 0.200. The Bertz CT molecular complexity index is 625. The van der Waals surface area contributed by atoms with Crippen molar-refractivity contribution in [3.8, 4) is 0 Å². The fourth-order valence-electron chi connectivity index (χ4n) is 2.33. The zero-order valence-corrected chi connectivity index (χ0v) is 14.0. The van der Waals surface area contributed by atoms with Crippen molar-refractivity contribution in [1.82, 2.24) is 15.1 Å². The van der Waals surface area contributed by atoms with Crippen LogP contribution in [0.4, 0.5) is 5.69 Å². The molecule has 1 saturated heterocycles. The molecule has 3 rings (SSSR count). The molecule has 0 saturated carbocycles. The van der Waals surface area contributed by atoms with E-state index in [2.05, 4.69) is 27.5 Å². The largest absolute Gasteiger partial charge is 0.320 e. The number of aromatic nitrogens is 2. The highest BCUT2D eigenvalue weighted by molar-refractivity contribution is 7.99. The Morgan fingerprint density at radius 3 is 2.91 bits per heavy atom. The van der Waals surface area contributed by atoms with Gasteiger partial charge in [0.15, 0.2) is 0 Å². The van der Waals surface area contributed by atoms with Gasteiger partial charge < -0.3 is 5.32 Å². The standard InChI is InChI=1S/C15H18N4OS2/c1-19(12-7-8-21-10-12)9-13-17-18-15(22-13)14(20)16-11-5-3-2-4-6-11/h2-6,12H,7-10H2,1H3,(H,16,20)/t12-/m0/s1. The molecule has 0 bridgehead atoms. The number of para-hydroxylation sites is 1. The summed E-state index contributed by atoms with van der Waals surface area (Å²) in [7, 11) is 2.11. The summed E-state index contributed by atoms with van der Waals surface area (Å²) < 4.78 is 0. The van der Waals surface area contributed by atoms with Gasteiger partial charge in [-0.3, -0.25) is 9.69 Å². The molecule has 116 valence electrons. The normalized spacial score (nSPS) is 17.8. The third kappa shape index (κ3) is 3.85. The Balaban J connectivity index is 1.59. The van der Waals surface area contributed by atoms with Crippen LogP contribution < -0.4 is 5.32 Å². The van der Waals surface area contributed by atoms with E-state index >= 15 is 0 Å². The fraction of sp³-hybridized carbons (Fsp3) is 0.400. The molecule has 0 radical (unpaired) electrons. The second kappa shape index (κ2) is 7.21. The van der Waals surface area contributed by atoms with E-state index in [-0.39, 0.29) is 5.91 Å². The molecule has 1 aliphatic rings. The van der Waals surface area contributed by atoms with Gasteiger partial charge >= 0.3 is 0 Å². The molecule has 22 heavy (non-hydrogen) atoms. The lowest BCUT2D eigenvalue weighted by atomic mass is 10.2. The Labute approximate surface area is 138 Å². The topological polar surface area (TPSA) is 58.1 Å². The van der Waals surface area contributed by atoms with E-state index in [0.717, 1.165) is 17.2 Å². The van der Waals surface area contributed by atoms with Crippen LogP contribution >= 0.6 is 23.1 Å². The molecule has 0 unspecified atom stereocenters. The minimum atomic E-state index is -0.200. The minimum Gasteiger partial charge on any atom is -0.320 e. The Morgan fingerprint density at radius 2 is 2.18 bits per heavy atom. The highest BCUT2D eigenvalue weighted by atomic mass is 32.2. The van der Waals surface area contributed by atoms with Crippen molar-refractivity contribution >= 4 is 34.7 Å². The zero-order valence-electron chi connectivity index (χ0n) is 12.4. The molecule has 0 aliphatic carbocycles. The average Bonchev–Trinajstić information content (AvgIpc) is 3.19. The van der Waals surface area contributed by atoms with Gasteiger partial charge in [-0.2, -0.15) is 11.8 Å². The van der Waals surface area contributed by atoms with Gasteiger partial charge in [-0.05, 0) is 31.4 Å². The predicted molar refractivity (Wildman–Crippen MR) is 91.5 cm³/mol. The predicted octanol–water partition coefficient (Wildman–Crippen LogP) is 2.73. The highest BCUT2D eigenvalue weighted by Crippen LogP contribution is 2.23. The number of benzene rings is 1. The van der Waals surface area contributed by atoms with Crippen LogP contribution in [0.25, 0.3) is 0 Å². The van der Waals surface area contributed by atoms with Crippen LogP contribution in [-0.2, 0) is 6.54 Å². The van der Waals surface area contributed by atoms with Crippen molar-refractivity contribution in [1.29, 1.82) is 0 Å². The molecule has 2 heterocycles. The summed E-state index contributed by atoms with van der Waals surface area (Å²) in [6, 6.07) is 9.99. The van der Waals surface area contributed by atoms with Gasteiger partial charge in [-0.25, -0.2) is 0 Å². The molecule has 1 atom stereocenters. The molecule has 7 heteroatoms. The summed E-state index contributed by atoms with van der Waals surface area (Å²) in [6.07, 6.45) is 1.22. The molecule has 1 amide bonds. The maximum Gasteiger partial charge on any atom is 0.286 e. The van der Waals surface area contributed by atoms with Crippen molar-refractivity contribution in [3.05, 3.63) is 40.3 Å². The van der Waals surface area contributed by atoms with E-state index in [1.54, 1.807) is 0 Å². The number of amides is 1. The second-order valence-corrected chi connectivity index (χ2v) is 7.47. The smallest absolute Gasteiger partial charge is 0.286 e. The lowest BCUT2D eigenvalue weighted by Crippen LogP contribution is -2.30. The second-order valence-electron chi connectivity index (χ2n) is 5.25. The maximum atomic E-state index is 12.1. The van der Waals surface area contributed by atoms with Gasteiger partial charge in [-0.15, -0.1) is 10.2 Å². The van der Waals surface area contributed by atoms with E-state index in [1.165, 1.54) is 29.3 Å². The first-order valence-electron chi connectivity index (χ1n) is 7.19. The van der Waals surface area contributed by atoms with E-state index < -0.39 is 0 Å². The number of carbonyl (C=O) groups excluding carboxylic acids is 1. The molecule has 1 aromatic heterocycles. The summed E-state index contributed by atoms with van der Waals surface area (Å²) >= 11 is 3.36. The van der Waals surface area contributed by atoms with E-state index in [4.69, 9.17) is 0 Å². The Morgan fingerprint density at radius 1 is 1.36 bits per heavy atom. The van der Waals surface area contributed by atoms with Gasteiger partial charge in [0.1, 0.15) is 5.01 Å². The molecule has 1 aliphatic heterocycles. The number of nitrogens with one attached hydrogen (secondary N) is 1. The van der Waals surface area contributed by atoms with Crippen LogP contribution in [0.2, 0.25) is 0 Å². The Hall–Kier alpha value is -1.44. The van der Waals surface area contributed by atoms with E-state index in [9.17, 15) is 4.79 Å². The lowest BCUT2D eigenvalue weighted by molar-refractivity contribution is 0.102. The summed E-state index contributed by atoms with van der Waals surface area (Å²) in [5.41, 5.74) is 0.768. The van der Waals surface area contributed by atoms with Crippen LogP contribution in [0, 0.1) is 0 Å². The van der Waals surface area contributed by atoms with Gasteiger partial charge in [-0.1, -0.05) is 29.5 Å². The number of carbonyl (C=O) groups is 1. The summed E-state index contributed by atoms with van der Waals surface area (Å²) in [5.74, 6) is 2.21. The maximum absolute atomic E-state index is 12.1. The van der Waals surface area contributed by atoms with Gasteiger partial charge in [0.2, 0.25) is 5.01 Å². The monoisotopic (exact) mass is 334 g/mol. The van der Waals surface area contributed by atoms with Crippen LogP contribution in [0.15, 0.2) is 30.3 Å². The number of rotatable bonds is 5. The third-order valence-corrected chi connectivity index (χ3v) is 5.66. The highest BCUT2D eigenvalue weighted by Gasteiger charge is 2.21. The molecule has 5 nitrogen and oxygen atoms in total. The first kappa shape index (κ1) is 15.5. The van der Waals surface area contributed by atoms with Crippen molar-refractivity contribution < 1.29 is 4.79 Å². The summed E-state index contributed by atoms with van der Waals surface area (Å²) in [5, 5.41) is 12.3. The number of thioether (sulfide) groups is 1. The van der Waals surface area contributed by atoms with Crippen molar-refractivity contribution in [2.45, 2.75) is 19.0 Å². The number of hydrogen-bond acceptors (Lipinski definition) is 6. The molecule has 1 aromatic carbocycles. The summed E-state index contributed by atoms with van der Waals surface area (Å²) in [6.45, 7) is 0.751. The van der Waals surface area contributed by atoms with E-state index in [0.29, 0.717) is 11.0 Å². The van der Waals surface area contributed by atoms with Crippen molar-refractivity contribution in [3.63, 3.8) is 0 Å². The fourth-order valence-corrected chi connectivity index (χ4v) is 4.42. The molecule has 2 aromatic rings. The molecular weight excluding hydrogens is 316 g/mol. The first-order valence-corrected chi connectivity index (χ1v) is 9.16. The van der Waals surface area contributed by atoms with E-state index in [1.807, 2.05) is 42.1 Å². The van der Waals surface area contributed by atoms with Crippen molar-refractivity contribution in [2.75, 3.05) is 23.9 Å². The van der Waals surface area contributed by atoms with Crippen LogP contribution in [0.1, 0.15) is 21.2 Å². The van der Waals surface area contributed by atoms with Gasteiger partial charge in [0.25, 0.3) is 5.91 Å². The first-order chi connectivity index (χ1) is 10.7. The summed E-state index contributed by atoms with van der Waals surface area (Å²) in [4.78, 5) is 14.5. The SMILES string of the molecule is CN(Cc1nnc(C(=O)Nc2ccccc2)s1)[C@H]1CCSC1. The van der Waals surface area contributed by atoms with Crippen LogP contribution in [0.3, 0.4) is 0 Å². The lowest BCUT2D eigenvalue weighted by Gasteiger charge is -2.21. The zero-order chi connectivity index (χ0) is 15.4. The number of nitrogens with zero attached hydrogens (tertiary/aromatic N) is 3. The molecule has 1 fully saturated rings. The van der Waals surface area contributed by atoms with Crippen molar-refractivity contribution in [2.24, 2.45) is 0 Å². The molecular formula is C15H18N4OS2. The average molecular weight is 334 g/mol. The molecule has 1 N–H and O–H groups in total. The van der Waals surface area contributed by atoms with Gasteiger partial charge in [0.05, 0.1) is 6.54 Å². The number of anilines is 1. The number of hydrogen-bond donors (Lipinski definition) is 1. The quantitative estimate of drug-likeness (QED) is 0.911. The third-order valence-electron chi connectivity index (χ3n) is 3.61. The molecule has 0 spiro atoms. The van der Waals surface area contributed by atoms with Crippen LogP contribution in [-0.4, -0.2) is 45.6 Å². The van der Waals surface area contributed by atoms with Gasteiger partial charge in [0, 0.05) is 17.5 Å².